The molecule has 178 valence electrons. The monoisotopic (exact) mass is 443 g/mol. The molecule has 0 atom stereocenters. The minimum absolute atomic E-state index is 0.0494. The van der Waals surface area contributed by atoms with E-state index in [4.69, 9.17) is 13.9 Å². The van der Waals surface area contributed by atoms with Crippen LogP contribution < -0.4 is 4.74 Å². The van der Waals surface area contributed by atoms with Crippen molar-refractivity contribution in [2.45, 2.75) is 77.6 Å². The van der Waals surface area contributed by atoms with Crippen molar-refractivity contribution in [3.05, 3.63) is 30.0 Å². The molecule has 1 aliphatic rings. The van der Waals surface area contributed by atoms with Crippen molar-refractivity contribution < 1.29 is 18.7 Å². The second-order valence-corrected chi connectivity index (χ2v) is 8.94. The molecule has 0 amide bonds. The van der Waals surface area contributed by atoms with Gasteiger partial charge in [0.2, 0.25) is 0 Å². The Morgan fingerprint density at radius 3 is 2.38 bits per heavy atom. The Hall–Kier alpha value is -1.85. The molecular formula is C27H41NO4. The molecule has 0 saturated carbocycles. The highest BCUT2D eigenvalue weighted by Gasteiger charge is 2.17. The molecule has 0 unspecified atom stereocenters. The van der Waals surface area contributed by atoms with Crippen molar-refractivity contribution >= 4 is 16.8 Å². The lowest BCUT2D eigenvalue weighted by atomic mass is 10.1. The molecule has 1 aliphatic heterocycles. The number of ketones is 1. The van der Waals surface area contributed by atoms with Crippen LogP contribution in [0.4, 0.5) is 0 Å². The zero-order chi connectivity index (χ0) is 22.4. The van der Waals surface area contributed by atoms with Crippen LogP contribution in [0.5, 0.6) is 5.75 Å². The van der Waals surface area contributed by atoms with Crippen LogP contribution in [0.2, 0.25) is 0 Å². The summed E-state index contributed by atoms with van der Waals surface area (Å²) in [7, 11) is 0. The number of nitrogens with zero attached hydrogens (tertiary/aromatic N) is 1. The smallest absolute Gasteiger partial charge is 0.199 e. The third-order valence-electron chi connectivity index (χ3n) is 6.30. The van der Waals surface area contributed by atoms with Crippen LogP contribution >= 0.6 is 0 Å². The Bertz CT molecular complexity index is 794. The fourth-order valence-corrected chi connectivity index (χ4v) is 4.27. The van der Waals surface area contributed by atoms with Gasteiger partial charge in [0.25, 0.3) is 0 Å². The molecule has 2 aromatic rings. The average Bonchev–Trinajstić information content (AvgIpc) is 3.27. The van der Waals surface area contributed by atoms with E-state index in [1.165, 1.54) is 57.8 Å². The van der Waals surface area contributed by atoms with Gasteiger partial charge in [0.1, 0.15) is 0 Å². The maximum atomic E-state index is 12.6. The van der Waals surface area contributed by atoms with E-state index in [1.54, 1.807) is 0 Å². The van der Waals surface area contributed by atoms with Gasteiger partial charge in [-0.05, 0) is 18.6 Å². The predicted molar refractivity (Wildman–Crippen MR) is 130 cm³/mol. The quantitative estimate of drug-likeness (QED) is 0.215. The van der Waals surface area contributed by atoms with Crippen molar-refractivity contribution in [1.82, 2.24) is 4.90 Å². The number of carbonyl (C=O) groups excluding carboxylic acids is 1. The third kappa shape index (κ3) is 8.25. The number of unbranched alkanes of at least 4 members (excludes halogenated alkanes) is 9. The lowest BCUT2D eigenvalue weighted by molar-refractivity contribution is 0.0368. The van der Waals surface area contributed by atoms with Crippen LogP contribution in [0.1, 0.15) is 88.1 Å². The van der Waals surface area contributed by atoms with E-state index in [9.17, 15) is 4.79 Å². The molecule has 1 fully saturated rings. The number of furan rings is 1. The number of carbonyl (C=O) groups is 1. The zero-order valence-corrected chi connectivity index (χ0v) is 19.9. The normalized spacial score (nSPS) is 14.8. The van der Waals surface area contributed by atoms with Crippen molar-refractivity contribution in [2.75, 3.05) is 39.5 Å². The molecule has 0 radical (unpaired) electrons. The van der Waals surface area contributed by atoms with E-state index in [0.29, 0.717) is 24.4 Å². The Morgan fingerprint density at radius 1 is 0.969 bits per heavy atom. The number of fused-ring (bicyclic) bond motifs is 1. The van der Waals surface area contributed by atoms with E-state index >= 15 is 0 Å². The van der Waals surface area contributed by atoms with Gasteiger partial charge in [0.15, 0.2) is 22.9 Å². The van der Waals surface area contributed by atoms with Gasteiger partial charge in [0, 0.05) is 31.4 Å². The zero-order valence-electron chi connectivity index (χ0n) is 19.9. The fraction of sp³-hybridized carbons (Fsp3) is 0.667. The number of para-hydroxylation sites is 1. The van der Waals surface area contributed by atoms with Crippen molar-refractivity contribution in [3.8, 4) is 5.75 Å². The molecule has 0 bridgehead atoms. The van der Waals surface area contributed by atoms with Crippen LogP contribution in [0.3, 0.4) is 0 Å². The van der Waals surface area contributed by atoms with Gasteiger partial charge < -0.3 is 13.9 Å². The number of Topliss-reactive ketones (excluding diaryl/α,β-unsaturated/α-hetero) is 1. The number of rotatable bonds is 16. The van der Waals surface area contributed by atoms with Gasteiger partial charge in [0.05, 0.1) is 19.8 Å². The maximum Gasteiger partial charge on any atom is 0.199 e. The summed E-state index contributed by atoms with van der Waals surface area (Å²) in [5.41, 5.74) is 0.689. The van der Waals surface area contributed by atoms with Crippen molar-refractivity contribution in [3.63, 3.8) is 0 Å². The largest absolute Gasteiger partial charge is 0.490 e. The molecule has 3 rings (SSSR count). The van der Waals surface area contributed by atoms with Gasteiger partial charge in [-0.1, -0.05) is 76.8 Å². The summed E-state index contributed by atoms with van der Waals surface area (Å²) in [5, 5.41) is 0.931. The highest BCUT2D eigenvalue weighted by Crippen LogP contribution is 2.29. The summed E-state index contributed by atoms with van der Waals surface area (Å²) in [4.78, 5) is 14.9. The molecule has 0 aliphatic carbocycles. The Kier molecular flexibility index (Phi) is 11.1. The summed E-state index contributed by atoms with van der Waals surface area (Å²) in [6.07, 6.45) is 13.6. The second kappa shape index (κ2) is 14.3. The Balaban J connectivity index is 1.36. The summed E-state index contributed by atoms with van der Waals surface area (Å²) in [6, 6.07) is 7.73. The minimum Gasteiger partial charge on any atom is -0.490 e. The molecule has 1 aromatic carbocycles. The first-order valence-electron chi connectivity index (χ1n) is 12.8. The van der Waals surface area contributed by atoms with Gasteiger partial charge >= 0.3 is 0 Å². The van der Waals surface area contributed by atoms with Crippen LogP contribution in [0, 0.1) is 0 Å². The fourth-order valence-electron chi connectivity index (χ4n) is 4.27. The Labute approximate surface area is 193 Å². The molecule has 0 spiro atoms. The molecule has 2 heterocycles. The van der Waals surface area contributed by atoms with Crippen molar-refractivity contribution in [1.29, 1.82) is 0 Å². The molecular weight excluding hydrogens is 402 g/mol. The summed E-state index contributed by atoms with van der Waals surface area (Å²) in [6.45, 7) is 6.99. The average molecular weight is 444 g/mol. The number of ether oxygens (including phenoxy) is 2. The number of hydrogen-bond acceptors (Lipinski definition) is 5. The molecule has 1 saturated heterocycles. The maximum absolute atomic E-state index is 12.6. The molecule has 5 nitrogen and oxygen atoms in total. The minimum atomic E-state index is 0.0494. The second-order valence-electron chi connectivity index (χ2n) is 8.94. The van der Waals surface area contributed by atoms with Crippen molar-refractivity contribution in [2.24, 2.45) is 0 Å². The Morgan fingerprint density at radius 2 is 1.66 bits per heavy atom. The lowest BCUT2D eigenvalue weighted by Crippen LogP contribution is -2.37. The first-order valence-corrected chi connectivity index (χ1v) is 12.8. The summed E-state index contributed by atoms with van der Waals surface area (Å²) < 4.78 is 17.3. The van der Waals surface area contributed by atoms with E-state index in [-0.39, 0.29) is 5.78 Å². The summed E-state index contributed by atoms with van der Waals surface area (Å²) >= 11 is 0. The van der Waals surface area contributed by atoms with Crippen LogP contribution in [0.25, 0.3) is 11.0 Å². The molecule has 1 aromatic heterocycles. The highest BCUT2D eigenvalue weighted by molar-refractivity contribution is 5.98. The summed E-state index contributed by atoms with van der Waals surface area (Å²) in [5.74, 6) is 1.22. The predicted octanol–water partition coefficient (Wildman–Crippen LogP) is 6.64. The van der Waals surface area contributed by atoms with Gasteiger partial charge in [-0.2, -0.15) is 0 Å². The molecule has 5 heteroatoms. The first kappa shape index (κ1) is 24.8. The first-order chi connectivity index (χ1) is 15.8. The van der Waals surface area contributed by atoms with Gasteiger partial charge in [-0.25, -0.2) is 0 Å². The van der Waals surface area contributed by atoms with E-state index < -0.39 is 0 Å². The molecule has 0 N–H and O–H groups in total. The number of hydrogen-bond donors (Lipinski definition) is 0. The SMILES string of the molecule is CCCCCCCCCCCCOc1cccc2cc(C(=O)CCN3CCOCC3)oc12. The van der Waals surface area contributed by atoms with E-state index in [1.807, 2.05) is 24.3 Å². The lowest BCUT2D eigenvalue weighted by Gasteiger charge is -2.25. The highest BCUT2D eigenvalue weighted by atomic mass is 16.5. The number of benzene rings is 1. The van der Waals surface area contributed by atoms with Crippen LogP contribution in [0.15, 0.2) is 28.7 Å². The topological polar surface area (TPSA) is 51.9 Å². The van der Waals surface area contributed by atoms with E-state index in [0.717, 1.165) is 50.4 Å². The third-order valence-corrected chi connectivity index (χ3v) is 6.30. The van der Waals surface area contributed by atoms with Crippen LogP contribution in [-0.4, -0.2) is 50.1 Å². The number of morpholine rings is 1. The standard InChI is InChI=1S/C27H41NO4/c1-2-3-4-5-6-7-8-9-10-11-19-31-25-14-12-13-23-22-26(32-27(23)25)24(29)15-16-28-17-20-30-21-18-28/h12-14,22H,2-11,15-21H2,1H3. The molecule has 32 heavy (non-hydrogen) atoms. The van der Waals surface area contributed by atoms with Gasteiger partial charge in [-0.15, -0.1) is 0 Å². The van der Waals surface area contributed by atoms with Crippen LogP contribution in [-0.2, 0) is 4.74 Å². The van der Waals surface area contributed by atoms with E-state index in [2.05, 4.69) is 11.8 Å². The van der Waals surface area contributed by atoms with Gasteiger partial charge in [-0.3, -0.25) is 9.69 Å².